The molecule has 0 aliphatic carbocycles. The average molecular weight is 283 g/mol. The summed E-state index contributed by atoms with van der Waals surface area (Å²) in [4.78, 5) is 0. The Kier molecular flexibility index (Phi) is 4.89. The van der Waals surface area contributed by atoms with Crippen molar-refractivity contribution in [1.29, 1.82) is 0 Å². The van der Waals surface area contributed by atoms with E-state index in [1.54, 1.807) is 0 Å². The fourth-order valence-electron chi connectivity index (χ4n) is 2.43. The molecule has 2 rings (SSSR count). The summed E-state index contributed by atoms with van der Waals surface area (Å²) in [5, 5.41) is 3.51. The van der Waals surface area contributed by atoms with Gasteiger partial charge in [0.2, 0.25) is 0 Å². The Labute approximate surface area is 128 Å². The summed E-state index contributed by atoms with van der Waals surface area (Å²) in [6, 6.07) is 12.7. The number of hydrogen-bond donors (Lipinski definition) is 1. The molecular weight excluding hydrogens is 258 g/mol. The van der Waals surface area contributed by atoms with Gasteiger partial charge in [0.1, 0.15) is 11.9 Å². The van der Waals surface area contributed by atoms with Gasteiger partial charge in [0.25, 0.3) is 0 Å². The van der Waals surface area contributed by atoms with Crippen molar-refractivity contribution in [3.05, 3.63) is 58.7 Å². The van der Waals surface area contributed by atoms with Gasteiger partial charge in [0.05, 0.1) is 6.54 Å². The van der Waals surface area contributed by atoms with E-state index in [-0.39, 0.29) is 6.10 Å². The van der Waals surface area contributed by atoms with Gasteiger partial charge >= 0.3 is 0 Å². The van der Waals surface area contributed by atoms with E-state index in [9.17, 15) is 0 Å². The minimum absolute atomic E-state index is 0.115. The Morgan fingerprint density at radius 2 is 1.62 bits per heavy atom. The number of para-hydroxylation sites is 1. The highest BCUT2D eigenvalue weighted by Gasteiger charge is 2.08. The largest absolute Gasteiger partial charge is 0.489 e. The van der Waals surface area contributed by atoms with E-state index in [2.05, 4.69) is 76.3 Å². The lowest BCUT2D eigenvalue weighted by molar-refractivity contribution is 0.233. The average Bonchev–Trinajstić information content (AvgIpc) is 2.42. The molecule has 0 aliphatic rings. The highest BCUT2D eigenvalue weighted by Crippen LogP contribution is 2.22. The number of nitrogens with one attached hydrogen (secondary N) is 1. The molecule has 0 heterocycles. The monoisotopic (exact) mass is 283 g/mol. The topological polar surface area (TPSA) is 21.3 Å². The molecule has 2 nitrogen and oxygen atoms in total. The number of hydrogen-bond acceptors (Lipinski definition) is 2. The molecule has 0 saturated carbocycles. The van der Waals surface area contributed by atoms with Crippen LogP contribution in [0.5, 0.6) is 5.75 Å². The molecule has 21 heavy (non-hydrogen) atoms. The SMILES string of the molecule is Cc1ccc(C)c(OC(C)CNc2c(C)cccc2C)c1. The second-order valence-corrected chi connectivity index (χ2v) is 5.85. The third-order valence-electron chi connectivity index (χ3n) is 3.72. The fourth-order valence-corrected chi connectivity index (χ4v) is 2.43. The molecule has 1 atom stereocenters. The van der Waals surface area contributed by atoms with Crippen molar-refractivity contribution in [2.75, 3.05) is 11.9 Å². The van der Waals surface area contributed by atoms with Crippen LogP contribution in [-0.2, 0) is 0 Å². The summed E-state index contributed by atoms with van der Waals surface area (Å²) < 4.78 is 6.06. The lowest BCUT2D eigenvalue weighted by Gasteiger charge is -2.19. The smallest absolute Gasteiger partial charge is 0.122 e. The molecule has 112 valence electrons. The van der Waals surface area contributed by atoms with Gasteiger partial charge in [0.15, 0.2) is 0 Å². The minimum atomic E-state index is 0.115. The van der Waals surface area contributed by atoms with Crippen molar-refractivity contribution in [1.82, 2.24) is 0 Å². The second kappa shape index (κ2) is 6.66. The van der Waals surface area contributed by atoms with E-state index in [1.165, 1.54) is 27.9 Å². The van der Waals surface area contributed by atoms with Crippen LogP contribution in [0.3, 0.4) is 0 Å². The predicted octanol–water partition coefficient (Wildman–Crippen LogP) is 4.80. The minimum Gasteiger partial charge on any atom is -0.489 e. The molecule has 0 bridgehead atoms. The van der Waals surface area contributed by atoms with Crippen molar-refractivity contribution in [2.24, 2.45) is 0 Å². The highest BCUT2D eigenvalue weighted by atomic mass is 16.5. The maximum Gasteiger partial charge on any atom is 0.122 e. The molecule has 0 spiro atoms. The Hall–Kier alpha value is -1.96. The van der Waals surface area contributed by atoms with E-state index in [4.69, 9.17) is 4.74 Å². The Bertz CT molecular complexity index is 599. The first kappa shape index (κ1) is 15.4. The van der Waals surface area contributed by atoms with Gasteiger partial charge in [0, 0.05) is 5.69 Å². The molecule has 1 N–H and O–H groups in total. The molecule has 1 unspecified atom stereocenters. The number of anilines is 1. The second-order valence-electron chi connectivity index (χ2n) is 5.85. The van der Waals surface area contributed by atoms with Crippen LogP contribution >= 0.6 is 0 Å². The molecular formula is C19H25NO. The summed E-state index contributed by atoms with van der Waals surface area (Å²) in [5.74, 6) is 0.978. The Morgan fingerprint density at radius 1 is 0.952 bits per heavy atom. The maximum absolute atomic E-state index is 6.06. The molecule has 0 aromatic heterocycles. The standard InChI is InChI=1S/C19H25NO/c1-13-9-10-14(2)18(11-13)21-17(5)12-20-19-15(3)7-6-8-16(19)4/h6-11,17,20H,12H2,1-5H3. The number of ether oxygens (including phenoxy) is 1. The van der Waals surface area contributed by atoms with Crippen molar-refractivity contribution >= 4 is 5.69 Å². The summed E-state index contributed by atoms with van der Waals surface area (Å²) >= 11 is 0. The first-order valence-corrected chi connectivity index (χ1v) is 7.51. The first-order chi connectivity index (χ1) is 9.97. The van der Waals surface area contributed by atoms with Crippen molar-refractivity contribution in [2.45, 2.75) is 40.7 Å². The highest BCUT2D eigenvalue weighted by molar-refractivity contribution is 5.56. The number of aryl methyl sites for hydroxylation is 4. The molecule has 0 radical (unpaired) electrons. The zero-order valence-corrected chi connectivity index (χ0v) is 13.7. The summed E-state index contributed by atoms with van der Waals surface area (Å²) in [6.07, 6.45) is 0.115. The third-order valence-corrected chi connectivity index (χ3v) is 3.72. The van der Waals surface area contributed by atoms with Crippen molar-refractivity contribution in [3.8, 4) is 5.75 Å². The Morgan fingerprint density at radius 3 is 2.29 bits per heavy atom. The molecule has 2 heteroatoms. The summed E-state index contributed by atoms with van der Waals surface area (Å²) in [7, 11) is 0. The molecule has 0 fully saturated rings. The van der Waals surface area contributed by atoms with Gasteiger partial charge in [-0.25, -0.2) is 0 Å². The number of rotatable bonds is 5. The van der Waals surface area contributed by atoms with E-state index < -0.39 is 0 Å². The van der Waals surface area contributed by atoms with Crippen molar-refractivity contribution < 1.29 is 4.74 Å². The molecule has 0 saturated heterocycles. The predicted molar refractivity (Wildman–Crippen MR) is 90.4 cm³/mol. The summed E-state index contributed by atoms with van der Waals surface area (Å²) in [5.41, 5.74) is 6.17. The maximum atomic E-state index is 6.06. The normalized spacial score (nSPS) is 12.0. The van der Waals surface area contributed by atoms with Crippen LogP contribution in [0.4, 0.5) is 5.69 Å². The van der Waals surface area contributed by atoms with Gasteiger partial charge in [-0.05, 0) is 62.9 Å². The van der Waals surface area contributed by atoms with E-state index in [0.29, 0.717) is 0 Å². The third kappa shape index (κ3) is 4.01. The molecule has 2 aromatic carbocycles. The van der Waals surface area contributed by atoms with E-state index >= 15 is 0 Å². The lowest BCUT2D eigenvalue weighted by atomic mass is 10.1. The number of benzene rings is 2. The Balaban J connectivity index is 1.99. The molecule has 2 aromatic rings. The van der Waals surface area contributed by atoms with Crippen LogP contribution < -0.4 is 10.1 Å². The molecule has 0 amide bonds. The van der Waals surface area contributed by atoms with Gasteiger partial charge < -0.3 is 10.1 Å². The van der Waals surface area contributed by atoms with E-state index in [1.807, 2.05) is 0 Å². The zero-order valence-electron chi connectivity index (χ0n) is 13.7. The van der Waals surface area contributed by atoms with Crippen LogP contribution in [-0.4, -0.2) is 12.6 Å². The molecule has 0 aliphatic heterocycles. The van der Waals surface area contributed by atoms with Crippen LogP contribution in [0.2, 0.25) is 0 Å². The van der Waals surface area contributed by atoms with Gasteiger partial charge in [-0.1, -0.05) is 30.3 Å². The van der Waals surface area contributed by atoms with Crippen LogP contribution in [0.15, 0.2) is 36.4 Å². The van der Waals surface area contributed by atoms with Gasteiger partial charge in [-0.2, -0.15) is 0 Å². The lowest BCUT2D eigenvalue weighted by Crippen LogP contribution is -2.23. The quantitative estimate of drug-likeness (QED) is 0.851. The van der Waals surface area contributed by atoms with Crippen LogP contribution in [0.1, 0.15) is 29.2 Å². The van der Waals surface area contributed by atoms with Gasteiger partial charge in [-0.3, -0.25) is 0 Å². The van der Waals surface area contributed by atoms with Crippen LogP contribution in [0.25, 0.3) is 0 Å². The zero-order chi connectivity index (χ0) is 15.4. The van der Waals surface area contributed by atoms with Crippen LogP contribution in [0, 0.1) is 27.7 Å². The summed E-state index contributed by atoms with van der Waals surface area (Å²) in [6.45, 7) is 11.3. The van der Waals surface area contributed by atoms with Gasteiger partial charge in [-0.15, -0.1) is 0 Å². The fraction of sp³-hybridized carbons (Fsp3) is 0.368. The van der Waals surface area contributed by atoms with Crippen molar-refractivity contribution in [3.63, 3.8) is 0 Å². The first-order valence-electron chi connectivity index (χ1n) is 7.51. The van der Waals surface area contributed by atoms with E-state index in [0.717, 1.165) is 12.3 Å².